The van der Waals surface area contributed by atoms with Crippen molar-refractivity contribution >= 4 is 39.5 Å². The second kappa shape index (κ2) is 7.37. The summed E-state index contributed by atoms with van der Waals surface area (Å²) in [6.45, 7) is 2.07. The van der Waals surface area contributed by atoms with Gasteiger partial charge in [0.1, 0.15) is 0 Å². The molecule has 1 spiro atoms. The van der Waals surface area contributed by atoms with Crippen LogP contribution in [0.4, 0.5) is 32.4 Å². The van der Waals surface area contributed by atoms with Gasteiger partial charge in [-0.2, -0.15) is 13.2 Å². The second-order valence-electron chi connectivity index (χ2n) is 8.35. The molecule has 0 bridgehead atoms. The molecule has 2 N–H and O–H groups in total. The Labute approximate surface area is 186 Å². The Morgan fingerprint density at radius 3 is 2.28 bits per heavy atom. The molecule has 4 rings (SSSR count). The average Bonchev–Trinajstić information content (AvgIpc) is 2.68. The SMILES string of the molecule is CC(C)[C@@H]1O[C@H](C(F)(F)F)CN2c3c(cc(Br)c(F)c3F)CC3(C(=O)NC(=O)NC3=O)[C@@H]12. The largest absolute Gasteiger partial charge is 0.416 e. The lowest BCUT2D eigenvalue weighted by Gasteiger charge is -2.57. The molecule has 0 unspecified atom stereocenters. The number of morpholine rings is 1. The summed E-state index contributed by atoms with van der Waals surface area (Å²) in [5, 5.41) is 3.96. The van der Waals surface area contributed by atoms with E-state index in [4.69, 9.17) is 4.74 Å². The zero-order valence-corrected chi connectivity index (χ0v) is 18.2. The average molecular weight is 526 g/mol. The van der Waals surface area contributed by atoms with E-state index >= 15 is 4.39 Å². The predicted octanol–water partition coefficient (Wildman–Crippen LogP) is 2.80. The summed E-state index contributed by atoms with van der Waals surface area (Å²) in [5.41, 5.74) is -2.64. The Morgan fingerprint density at radius 1 is 1.16 bits per heavy atom. The number of urea groups is 1. The monoisotopic (exact) mass is 525 g/mol. The highest BCUT2D eigenvalue weighted by molar-refractivity contribution is 9.10. The molecule has 3 aliphatic rings. The number of halogens is 6. The molecule has 7 nitrogen and oxygen atoms in total. The number of hydrogen-bond acceptors (Lipinski definition) is 5. The van der Waals surface area contributed by atoms with Gasteiger partial charge in [0.05, 0.1) is 28.9 Å². The van der Waals surface area contributed by atoms with Gasteiger partial charge in [0, 0.05) is 6.42 Å². The molecule has 4 amide bonds. The van der Waals surface area contributed by atoms with Crippen molar-refractivity contribution in [2.75, 3.05) is 11.4 Å². The number of nitrogens with zero attached hydrogens (tertiary/aromatic N) is 1. The van der Waals surface area contributed by atoms with Gasteiger partial charge in [0.25, 0.3) is 0 Å². The van der Waals surface area contributed by atoms with Crippen LogP contribution in [-0.2, 0) is 20.7 Å². The van der Waals surface area contributed by atoms with Gasteiger partial charge in [-0.3, -0.25) is 20.2 Å². The Hall–Kier alpha value is -2.28. The number of carbonyl (C=O) groups is 3. The fraction of sp³-hybridized carbons (Fsp3) is 0.526. The first-order valence-electron chi connectivity index (χ1n) is 9.61. The first-order chi connectivity index (χ1) is 14.8. The number of fused-ring (bicyclic) bond motifs is 4. The topological polar surface area (TPSA) is 87.7 Å². The molecule has 2 fully saturated rings. The summed E-state index contributed by atoms with van der Waals surface area (Å²) < 4.78 is 75.4. The number of rotatable bonds is 1. The molecule has 0 aliphatic carbocycles. The number of hydrogen-bond donors (Lipinski definition) is 2. The highest BCUT2D eigenvalue weighted by Gasteiger charge is 2.66. The van der Waals surface area contributed by atoms with Crippen LogP contribution >= 0.6 is 15.9 Å². The predicted molar refractivity (Wildman–Crippen MR) is 103 cm³/mol. The van der Waals surface area contributed by atoms with Crippen LogP contribution in [0.2, 0.25) is 0 Å². The molecule has 174 valence electrons. The van der Waals surface area contributed by atoms with E-state index in [9.17, 15) is 31.9 Å². The summed E-state index contributed by atoms with van der Waals surface area (Å²) in [5.74, 6) is -5.48. The van der Waals surface area contributed by atoms with E-state index in [-0.39, 0.29) is 10.0 Å². The quantitative estimate of drug-likeness (QED) is 0.334. The minimum absolute atomic E-state index is 0.0583. The molecular weight excluding hydrogens is 509 g/mol. The third-order valence-electron chi connectivity index (χ3n) is 6.09. The molecule has 32 heavy (non-hydrogen) atoms. The van der Waals surface area contributed by atoms with Gasteiger partial charge in [0.2, 0.25) is 11.8 Å². The van der Waals surface area contributed by atoms with Crippen molar-refractivity contribution in [2.45, 2.75) is 44.7 Å². The Morgan fingerprint density at radius 2 is 1.75 bits per heavy atom. The van der Waals surface area contributed by atoms with Gasteiger partial charge in [-0.25, -0.2) is 13.6 Å². The zero-order chi connectivity index (χ0) is 23.7. The minimum atomic E-state index is -4.85. The fourth-order valence-corrected chi connectivity index (χ4v) is 5.18. The van der Waals surface area contributed by atoms with Gasteiger partial charge in [-0.05, 0) is 33.5 Å². The van der Waals surface area contributed by atoms with Crippen molar-refractivity contribution in [3.8, 4) is 0 Å². The highest BCUT2D eigenvalue weighted by atomic mass is 79.9. The first-order valence-corrected chi connectivity index (χ1v) is 10.4. The molecule has 1 aromatic rings. The molecule has 0 saturated carbocycles. The summed E-state index contributed by atoms with van der Waals surface area (Å²) in [6.07, 6.45) is -9.08. The molecule has 0 aromatic heterocycles. The number of nitrogens with one attached hydrogen (secondary N) is 2. The minimum Gasteiger partial charge on any atom is -0.361 e. The van der Waals surface area contributed by atoms with E-state index in [0.29, 0.717) is 0 Å². The lowest BCUT2D eigenvalue weighted by molar-refractivity contribution is -0.250. The Bertz CT molecular complexity index is 1010. The van der Waals surface area contributed by atoms with Crippen molar-refractivity contribution in [1.29, 1.82) is 0 Å². The standard InChI is InChI=1S/C19H17BrF5N3O4/c1-6(2)13-14-18(15(29)26-17(31)27-16(18)30)4-7-3-8(20)10(21)11(22)12(7)28(14)5-9(32-13)19(23,24)25/h3,6,9,13-14H,4-5H2,1-2H3,(H2,26,27,29,30,31)/t9-,13-,14+/m0/s1. The molecule has 0 radical (unpaired) electrons. The van der Waals surface area contributed by atoms with Crippen LogP contribution in [0.25, 0.3) is 0 Å². The zero-order valence-electron chi connectivity index (χ0n) is 16.6. The number of anilines is 1. The first kappa shape index (κ1) is 22.9. The van der Waals surface area contributed by atoms with Gasteiger partial charge in [0.15, 0.2) is 23.2 Å². The highest BCUT2D eigenvalue weighted by Crippen LogP contribution is 2.51. The summed E-state index contributed by atoms with van der Waals surface area (Å²) in [6, 6.07) is -1.40. The van der Waals surface area contributed by atoms with Crippen LogP contribution < -0.4 is 15.5 Å². The molecule has 3 atom stereocenters. The van der Waals surface area contributed by atoms with Crippen molar-refractivity contribution in [2.24, 2.45) is 11.3 Å². The maximum Gasteiger partial charge on any atom is 0.416 e. The fourth-order valence-electron chi connectivity index (χ4n) is 4.73. The third kappa shape index (κ3) is 3.19. The smallest absolute Gasteiger partial charge is 0.361 e. The van der Waals surface area contributed by atoms with E-state index in [2.05, 4.69) is 15.9 Å². The van der Waals surface area contributed by atoms with Gasteiger partial charge >= 0.3 is 12.2 Å². The Kier molecular flexibility index (Phi) is 5.27. The van der Waals surface area contributed by atoms with E-state index in [0.717, 1.165) is 11.0 Å². The molecule has 2 saturated heterocycles. The second-order valence-corrected chi connectivity index (χ2v) is 9.21. The van der Waals surface area contributed by atoms with Crippen molar-refractivity contribution in [3.63, 3.8) is 0 Å². The van der Waals surface area contributed by atoms with Crippen LogP contribution in [0, 0.1) is 23.0 Å². The number of barbiturate groups is 1. The number of benzene rings is 1. The summed E-state index contributed by atoms with van der Waals surface area (Å²) >= 11 is 2.85. The van der Waals surface area contributed by atoms with E-state index in [1.54, 1.807) is 0 Å². The number of alkyl halides is 3. The van der Waals surface area contributed by atoms with Gasteiger partial charge in [-0.1, -0.05) is 13.8 Å². The lowest BCUT2D eigenvalue weighted by Crippen LogP contribution is -2.77. The number of amides is 4. The molecule has 3 heterocycles. The maximum absolute atomic E-state index is 15.1. The number of ether oxygens (including phenoxy) is 1. The van der Waals surface area contributed by atoms with E-state index < -0.39 is 83.9 Å². The summed E-state index contributed by atoms with van der Waals surface area (Å²) in [4.78, 5) is 38.7. The van der Waals surface area contributed by atoms with Gasteiger partial charge < -0.3 is 9.64 Å². The summed E-state index contributed by atoms with van der Waals surface area (Å²) in [7, 11) is 0. The maximum atomic E-state index is 15.1. The van der Waals surface area contributed by atoms with Crippen LogP contribution in [-0.4, -0.2) is 48.8 Å². The van der Waals surface area contributed by atoms with Crippen molar-refractivity contribution in [1.82, 2.24) is 10.6 Å². The molecular formula is C19H17BrF5N3O4. The number of carbonyl (C=O) groups excluding carboxylic acids is 3. The van der Waals surface area contributed by atoms with Crippen LogP contribution in [0.15, 0.2) is 10.5 Å². The van der Waals surface area contributed by atoms with Crippen molar-refractivity contribution < 1.29 is 41.1 Å². The van der Waals surface area contributed by atoms with E-state index in [1.807, 2.05) is 10.6 Å². The van der Waals surface area contributed by atoms with Crippen LogP contribution in [0.3, 0.4) is 0 Å². The Balaban J connectivity index is 2.00. The lowest BCUT2D eigenvalue weighted by atomic mass is 9.65. The normalized spacial score (nSPS) is 27.2. The third-order valence-corrected chi connectivity index (χ3v) is 6.67. The van der Waals surface area contributed by atoms with Crippen LogP contribution in [0.5, 0.6) is 0 Å². The van der Waals surface area contributed by atoms with Crippen LogP contribution in [0.1, 0.15) is 19.4 Å². The van der Waals surface area contributed by atoms with E-state index in [1.165, 1.54) is 13.8 Å². The molecule has 1 aromatic carbocycles. The molecule has 3 aliphatic heterocycles. The van der Waals surface area contributed by atoms with Gasteiger partial charge in [-0.15, -0.1) is 0 Å². The van der Waals surface area contributed by atoms with Crippen molar-refractivity contribution in [3.05, 3.63) is 27.7 Å². The molecule has 13 heteroatoms. The number of imide groups is 2.